The summed E-state index contributed by atoms with van der Waals surface area (Å²) in [7, 11) is 1.31. The van der Waals surface area contributed by atoms with Gasteiger partial charge in [0.05, 0.1) is 19.3 Å². The topological polar surface area (TPSA) is 46.5 Å². The smallest absolute Gasteiger partial charge is 0.338 e. The molecule has 4 heteroatoms. The normalized spacial score (nSPS) is 10.6. The summed E-state index contributed by atoms with van der Waals surface area (Å²) < 4.78 is 4.62. The van der Waals surface area contributed by atoms with Crippen LogP contribution in [0.3, 0.4) is 0 Å². The number of esters is 1. The standard InChI is InChI=1S/C11H11ClO3/c1-15-11(14)10-7-9(12)5-4-8(10)3-2-6-13/h2-5,7,13H,6H2,1H3/b3-2-. The molecule has 0 atom stereocenters. The molecule has 0 aliphatic carbocycles. The van der Waals surface area contributed by atoms with Gasteiger partial charge < -0.3 is 9.84 Å². The van der Waals surface area contributed by atoms with E-state index in [1.807, 2.05) is 0 Å². The monoisotopic (exact) mass is 226 g/mol. The number of ether oxygens (including phenoxy) is 1. The highest BCUT2D eigenvalue weighted by Crippen LogP contribution is 2.18. The van der Waals surface area contributed by atoms with Gasteiger partial charge in [-0.05, 0) is 17.7 Å². The third-order valence-corrected chi connectivity index (χ3v) is 2.06. The molecular formula is C11H11ClO3. The Morgan fingerprint density at radius 1 is 1.60 bits per heavy atom. The highest BCUT2D eigenvalue weighted by molar-refractivity contribution is 6.31. The summed E-state index contributed by atoms with van der Waals surface area (Å²) in [4.78, 5) is 11.4. The number of halogens is 1. The number of carbonyl (C=O) groups is 1. The number of benzene rings is 1. The first-order valence-electron chi connectivity index (χ1n) is 4.34. The van der Waals surface area contributed by atoms with Gasteiger partial charge in [0, 0.05) is 5.02 Å². The average Bonchev–Trinajstić information content (AvgIpc) is 2.26. The minimum atomic E-state index is -0.449. The van der Waals surface area contributed by atoms with E-state index in [1.54, 1.807) is 18.2 Å². The molecule has 15 heavy (non-hydrogen) atoms. The molecule has 0 heterocycles. The lowest BCUT2D eigenvalue weighted by atomic mass is 10.1. The van der Waals surface area contributed by atoms with Gasteiger partial charge in [-0.2, -0.15) is 0 Å². The van der Waals surface area contributed by atoms with Gasteiger partial charge in [0.25, 0.3) is 0 Å². The van der Waals surface area contributed by atoms with Crippen molar-refractivity contribution in [3.63, 3.8) is 0 Å². The Bertz CT molecular complexity index is 385. The van der Waals surface area contributed by atoms with Crippen LogP contribution in [0.15, 0.2) is 24.3 Å². The van der Waals surface area contributed by atoms with Crippen LogP contribution in [-0.4, -0.2) is 24.8 Å². The van der Waals surface area contributed by atoms with Crippen LogP contribution in [0.5, 0.6) is 0 Å². The van der Waals surface area contributed by atoms with Crippen molar-refractivity contribution < 1.29 is 14.6 Å². The summed E-state index contributed by atoms with van der Waals surface area (Å²) in [5.41, 5.74) is 1.05. The second-order valence-corrected chi connectivity index (χ2v) is 3.24. The first-order valence-corrected chi connectivity index (χ1v) is 4.72. The highest BCUT2D eigenvalue weighted by Gasteiger charge is 2.10. The molecule has 0 unspecified atom stereocenters. The van der Waals surface area contributed by atoms with Crippen LogP contribution in [-0.2, 0) is 4.74 Å². The predicted octanol–water partition coefficient (Wildman–Crippen LogP) is 2.13. The van der Waals surface area contributed by atoms with Crippen LogP contribution in [0.2, 0.25) is 5.02 Å². The Kier molecular flexibility index (Phi) is 4.34. The molecule has 1 rings (SSSR count). The van der Waals surface area contributed by atoms with E-state index in [1.165, 1.54) is 19.3 Å². The molecule has 0 saturated carbocycles. The first kappa shape index (κ1) is 11.8. The molecular weight excluding hydrogens is 216 g/mol. The number of aliphatic hydroxyl groups excluding tert-OH is 1. The Morgan fingerprint density at radius 3 is 2.93 bits per heavy atom. The zero-order valence-corrected chi connectivity index (χ0v) is 8.99. The molecule has 0 radical (unpaired) electrons. The fourth-order valence-corrected chi connectivity index (χ4v) is 1.31. The van der Waals surface area contributed by atoms with Gasteiger partial charge in [0.15, 0.2) is 0 Å². The summed E-state index contributed by atoms with van der Waals surface area (Å²) in [5.74, 6) is -0.449. The van der Waals surface area contributed by atoms with Gasteiger partial charge in [-0.1, -0.05) is 29.8 Å². The summed E-state index contributed by atoms with van der Waals surface area (Å²) in [6, 6.07) is 4.90. The molecule has 1 aromatic rings. The molecule has 0 aliphatic heterocycles. The summed E-state index contributed by atoms with van der Waals surface area (Å²) in [6.07, 6.45) is 3.18. The Morgan fingerprint density at radius 2 is 2.33 bits per heavy atom. The molecule has 3 nitrogen and oxygen atoms in total. The van der Waals surface area contributed by atoms with E-state index in [0.29, 0.717) is 16.1 Å². The average molecular weight is 227 g/mol. The lowest BCUT2D eigenvalue weighted by molar-refractivity contribution is 0.0600. The summed E-state index contributed by atoms with van der Waals surface area (Å²) in [6.45, 7) is -0.0801. The minimum Gasteiger partial charge on any atom is -0.465 e. The van der Waals surface area contributed by atoms with Crippen molar-refractivity contribution in [1.29, 1.82) is 0 Å². The zero-order valence-electron chi connectivity index (χ0n) is 8.24. The fraction of sp³-hybridized carbons (Fsp3) is 0.182. The molecule has 0 aliphatic rings. The van der Waals surface area contributed by atoms with Crippen molar-refractivity contribution in [2.24, 2.45) is 0 Å². The molecule has 0 saturated heterocycles. The highest BCUT2D eigenvalue weighted by atomic mass is 35.5. The van der Waals surface area contributed by atoms with Crippen molar-refractivity contribution in [3.05, 3.63) is 40.4 Å². The van der Waals surface area contributed by atoms with Crippen LogP contribution in [0.1, 0.15) is 15.9 Å². The van der Waals surface area contributed by atoms with Crippen LogP contribution in [0.4, 0.5) is 0 Å². The van der Waals surface area contributed by atoms with E-state index in [0.717, 1.165) is 0 Å². The lowest BCUT2D eigenvalue weighted by Gasteiger charge is -2.04. The minimum absolute atomic E-state index is 0.0801. The number of aliphatic hydroxyl groups is 1. The Balaban J connectivity index is 3.14. The number of methoxy groups -OCH3 is 1. The molecule has 1 aromatic carbocycles. The summed E-state index contributed by atoms with van der Waals surface area (Å²) in [5, 5.41) is 9.11. The van der Waals surface area contributed by atoms with Crippen LogP contribution < -0.4 is 0 Å². The van der Waals surface area contributed by atoms with Crippen LogP contribution in [0, 0.1) is 0 Å². The third-order valence-electron chi connectivity index (χ3n) is 1.82. The lowest BCUT2D eigenvalue weighted by Crippen LogP contribution is -2.03. The van der Waals surface area contributed by atoms with Gasteiger partial charge in [0.2, 0.25) is 0 Å². The van der Waals surface area contributed by atoms with Crippen molar-refractivity contribution >= 4 is 23.6 Å². The number of hydrogen-bond acceptors (Lipinski definition) is 3. The quantitative estimate of drug-likeness (QED) is 0.804. The Hall–Kier alpha value is -1.32. The summed E-state index contributed by atoms with van der Waals surface area (Å²) >= 11 is 5.77. The van der Waals surface area contributed by atoms with E-state index in [9.17, 15) is 4.79 Å². The molecule has 0 bridgehead atoms. The van der Waals surface area contributed by atoms with E-state index in [2.05, 4.69) is 4.74 Å². The maximum atomic E-state index is 11.4. The second kappa shape index (κ2) is 5.53. The maximum absolute atomic E-state index is 11.4. The van der Waals surface area contributed by atoms with Crippen molar-refractivity contribution in [2.45, 2.75) is 0 Å². The molecule has 0 amide bonds. The van der Waals surface area contributed by atoms with Crippen LogP contribution >= 0.6 is 11.6 Å². The van der Waals surface area contributed by atoms with E-state index in [4.69, 9.17) is 16.7 Å². The van der Waals surface area contributed by atoms with Crippen molar-refractivity contribution in [2.75, 3.05) is 13.7 Å². The molecule has 0 fully saturated rings. The molecule has 1 N–H and O–H groups in total. The molecule has 80 valence electrons. The van der Waals surface area contributed by atoms with E-state index >= 15 is 0 Å². The second-order valence-electron chi connectivity index (χ2n) is 2.81. The van der Waals surface area contributed by atoms with E-state index in [-0.39, 0.29) is 6.61 Å². The SMILES string of the molecule is COC(=O)c1cc(Cl)ccc1/C=C\CO. The van der Waals surface area contributed by atoms with Gasteiger partial charge in [0.1, 0.15) is 0 Å². The van der Waals surface area contributed by atoms with Gasteiger partial charge >= 0.3 is 5.97 Å². The zero-order chi connectivity index (χ0) is 11.3. The van der Waals surface area contributed by atoms with Crippen LogP contribution in [0.25, 0.3) is 6.08 Å². The van der Waals surface area contributed by atoms with Gasteiger partial charge in [-0.25, -0.2) is 4.79 Å². The predicted molar refractivity (Wildman–Crippen MR) is 58.9 cm³/mol. The number of carbonyl (C=O) groups excluding carboxylic acids is 1. The number of hydrogen-bond donors (Lipinski definition) is 1. The fourth-order valence-electron chi connectivity index (χ4n) is 1.14. The van der Waals surface area contributed by atoms with Crippen molar-refractivity contribution in [3.8, 4) is 0 Å². The van der Waals surface area contributed by atoms with Crippen molar-refractivity contribution in [1.82, 2.24) is 0 Å². The third kappa shape index (κ3) is 3.08. The van der Waals surface area contributed by atoms with Gasteiger partial charge in [-0.3, -0.25) is 0 Å². The molecule has 0 spiro atoms. The van der Waals surface area contributed by atoms with Gasteiger partial charge in [-0.15, -0.1) is 0 Å². The largest absolute Gasteiger partial charge is 0.465 e. The number of rotatable bonds is 3. The Labute approximate surface area is 92.9 Å². The first-order chi connectivity index (χ1) is 7.19. The van der Waals surface area contributed by atoms with E-state index < -0.39 is 5.97 Å². The maximum Gasteiger partial charge on any atom is 0.338 e. The molecule has 0 aromatic heterocycles.